The number of para-hydroxylation sites is 2. The smallest absolute Gasteiger partial charge is 0.137 e. The van der Waals surface area contributed by atoms with Crippen molar-refractivity contribution >= 4 is 92.4 Å². The molecule has 0 unspecified atom stereocenters. The SMILES string of the molecule is c1ccc2c(c1)oc1cc(-c3ccc(N(c4ccc(-c5cccc6sc7ccccc7c56)cc4)c4cccc5oc6ccccc6c45)cc3)ccc12. The number of benzene rings is 8. The fourth-order valence-corrected chi connectivity index (χ4v) is 9.02. The number of hydrogen-bond acceptors (Lipinski definition) is 4. The normalized spacial score (nSPS) is 11.8. The first-order chi connectivity index (χ1) is 25.8. The Labute approximate surface area is 303 Å². The Morgan fingerprint density at radius 2 is 0.942 bits per heavy atom. The average Bonchev–Trinajstić information content (AvgIpc) is 3.90. The molecule has 0 saturated heterocycles. The van der Waals surface area contributed by atoms with Gasteiger partial charge in [0.15, 0.2) is 0 Å². The summed E-state index contributed by atoms with van der Waals surface area (Å²) in [5.41, 5.74) is 11.4. The summed E-state index contributed by atoms with van der Waals surface area (Å²) >= 11 is 1.85. The third-order valence-electron chi connectivity index (χ3n) is 10.3. The van der Waals surface area contributed by atoms with Crippen molar-refractivity contribution in [3.05, 3.63) is 176 Å². The van der Waals surface area contributed by atoms with Gasteiger partial charge in [-0.05, 0) is 95.1 Å². The maximum atomic E-state index is 6.36. The highest BCUT2D eigenvalue weighted by atomic mass is 32.1. The predicted octanol–water partition coefficient (Wildman–Crippen LogP) is 14.7. The van der Waals surface area contributed by atoms with Gasteiger partial charge in [-0.25, -0.2) is 0 Å². The summed E-state index contributed by atoms with van der Waals surface area (Å²) in [7, 11) is 0. The van der Waals surface area contributed by atoms with Crippen LogP contribution in [0.15, 0.2) is 185 Å². The van der Waals surface area contributed by atoms with Gasteiger partial charge in [0.25, 0.3) is 0 Å². The maximum absolute atomic E-state index is 6.36. The van der Waals surface area contributed by atoms with Gasteiger partial charge in [-0.1, -0.05) is 103 Å². The summed E-state index contributed by atoms with van der Waals surface area (Å²) in [4.78, 5) is 2.35. The molecule has 0 aliphatic heterocycles. The minimum atomic E-state index is 0.868. The van der Waals surface area contributed by atoms with Crippen molar-refractivity contribution in [1.82, 2.24) is 0 Å². The van der Waals surface area contributed by atoms with E-state index in [0.717, 1.165) is 72.1 Å². The number of rotatable bonds is 5. The third kappa shape index (κ3) is 4.51. The molecule has 0 spiro atoms. The highest BCUT2D eigenvalue weighted by Gasteiger charge is 2.20. The van der Waals surface area contributed by atoms with E-state index in [-0.39, 0.29) is 0 Å². The molecule has 0 fully saturated rings. The summed E-state index contributed by atoms with van der Waals surface area (Å²) in [6.07, 6.45) is 0. The third-order valence-corrected chi connectivity index (χ3v) is 11.4. The van der Waals surface area contributed by atoms with Gasteiger partial charge in [0.1, 0.15) is 22.3 Å². The lowest BCUT2D eigenvalue weighted by atomic mass is 9.99. The number of furan rings is 2. The Morgan fingerprint density at radius 3 is 1.75 bits per heavy atom. The largest absolute Gasteiger partial charge is 0.456 e. The zero-order valence-electron chi connectivity index (χ0n) is 27.9. The van der Waals surface area contributed by atoms with Crippen LogP contribution in [0, 0.1) is 0 Å². The summed E-state index contributed by atoms with van der Waals surface area (Å²) in [6.45, 7) is 0. The minimum absolute atomic E-state index is 0.868. The first-order valence-corrected chi connectivity index (χ1v) is 18.3. The van der Waals surface area contributed by atoms with Crippen LogP contribution < -0.4 is 4.90 Å². The molecule has 0 aliphatic carbocycles. The Morgan fingerprint density at radius 1 is 0.365 bits per heavy atom. The molecule has 4 heteroatoms. The molecule has 0 radical (unpaired) electrons. The first-order valence-electron chi connectivity index (χ1n) is 17.5. The molecule has 11 aromatic rings. The van der Waals surface area contributed by atoms with Gasteiger partial charge in [-0.2, -0.15) is 0 Å². The zero-order valence-corrected chi connectivity index (χ0v) is 28.7. The second-order valence-electron chi connectivity index (χ2n) is 13.3. The zero-order chi connectivity index (χ0) is 34.2. The van der Waals surface area contributed by atoms with E-state index < -0.39 is 0 Å². The molecule has 0 amide bonds. The molecule has 3 nitrogen and oxygen atoms in total. The van der Waals surface area contributed by atoms with E-state index in [4.69, 9.17) is 8.83 Å². The van der Waals surface area contributed by atoms with Crippen molar-refractivity contribution in [2.75, 3.05) is 4.90 Å². The van der Waals surface area contributed by atoms with Crippen LogP contribution in [0.25, 0.3) is 86.3 Å². The molecule has 3 heterocycles. The Balaban J connectivity index is 1.05. The summed E-state index contributed by atoms with van der Waals surface area (Å²) in [5.74, 6) is 0. The predicted molar refractivity (Wildman–Crippen MR) is 219 cm³/mol. The topological polar surface area (TPSA) is 29.5 Å². The standard InChI is InChI=1S/C48H29NO2S/c1-4-14-41-36(9-1)37-28-23-32(29-44(37)51-41)30-19-24-33(25-20-30)49(40-13-8-16-43-48(40)38-10-2-5-15-42(38)50-43)34-26-21-31(22-27-34)35-12-7-18-46-47(35)39-11-3-6-17-45(39)52-46/h1-29H. The van der Waals surface area contributed by atoms with Gasteiger partial charge in [0.2, 0.25) is 0 Å². The minimum Gasteiger partial charge on any atom is -0.456 e. The summed E-state index contributed by atoms with van der Waals surface area (Å²) < 4.78 is 15.2. The van der Waals surface area contributed by atoms with Crippen LogP contribution in [-0.2, 0) is 0 Å². The molecular weight excluding hydrogens is 655 g/mol. The molecule has 8 aromatic carbocycles. The van der Waals surface area contributed by atoms with E-state index in [9.17, 15) is 0 Å². The molecule has 3 aromatic heterocycles. The van der Waals surface area contributed by atoms with Crippen molar-refractivity contribution in [3.8, 4) is 22.3 Å². The highest BCUT2D eigenvalue weighted by molar-refractivity contribution is 7.25. The van der Waals surface area contributed by atoms with Crippen LogP contribution in [0.4, 0.5) is 17.1 Å². The van der Waals surface area contributed by atoms with Crippen LogP contribution in [-0.4, -0.2) is 0 Å². The highest BCUT2D eigenvalue weighted by Crippen LogP contribution is 2.45. The van der Waals surface area contributed by atoms with Crippen LogP contribution in [0.2, 0.25) is 0 Å². The van der Waals surface area contributed by atoms with Crippen molar-refractivity contribution in [3.63, 3.8) is 0 Å². The Hall–Kier alpha value is -6.62. The maximum Gasteiger partial charge on any atom is 0.137 e. The second kappa shape index (κ2) is 11.5. The Kier molecular flexibility index (Phi) is 6.42. The van der Waals surface area contributed by atoms with Crippen molar-refractivity contribution in [2.45, 2.75) is 0 Å². The molecule has 0 atom stereocenters. The monoisotopic (exact) mass is 683 g/mol. The lowest BCUT2D eigenvalue weighted by Crippen LogP contribution is -2.10. The fourth-order valence-electron chi connectivity index (χ4n) is 7.88. The van der Waals surface area contributed by atoms with E-state index in [1.54, 1.807) is 0 Å². The van der Waals surface area contributed by atoms with E-state index in [1.807, 2.05) is 35.6 Å². The number of thiophene rings is 1. The van der Waals surface area contributed by atoms with Crippen LogP contribution >= 0.6 is 11.3 Å². The number of nitrogens with zero attached hydrogens (tertiary/aromatic N) is 1. The van der Waals surface area contributed by atoms with Crippen LogP contribution in [0.1, 0.15) is 0 Å². The van der Waals surface area contributed by atoms with E-state index in [2.05, 4.69) is 157 Å². The van der Waals surface area contributed by atoms with Gasteiger partial charge in [-0.3, -0.25) is 0 Å². The molecule has 11 rings (SSSR count). The van der Waals surface area contributed by atoms with E-state index >= 15 is 0 Å². The average molecular weight is 684 g/mol. The molecule has 0 saturated carbocycles. The molecule has 244 valence electrons. The van der Waals surface area contributed by atoms with E-state index in [1.165, 1.54) is 31.3 Å². The fraction of sp³-hybridized carbons (Fsp3) is 0. The molecule has 52 heavy (non-hydrogen) atoms. The van der Waals surface area contributed by atoms with Crippen LogP contribution in [0.3, 0.4) is 0 Å². The quantitative estimate of drug-likeness (QED) is 0.181. The number of fused-ring (bicyclic) bond motifs is 9. The molecular formula is C48H29NO2S. The lowest BCUT2D eigenvalue weighted by molar-refractivity contribution is 0.668. The molecule has 0 bridgehead atoms. The van der Waals surface area contributed by atoms with Gasteiger partial charge in [0, 0.05) is 47.7 Å². The van der Waals surface area contributed by atoms with Gasteiger partial charge >= 0.3 is 0 Å². The number of anilines is 3. The first kappa shape index (κ1) is 29.1. The van der Waals surface area contributed by atoms with Crippen molar-refractivity contribution in [2.24, 2.45) is 0 Å². The summed E-state index contributed by atoms with van der Waals surface area (Å²) in [6, 6.07) is 62.5. The second-order valence-corrected chi connectivity index (χ2v) is 14.3. The van der Waals surface area contributed by atoms with Gasteiger partial charge < -0.3 is 13.7 Å². The van der Waals surface area contributed by atoms with E-state index in [0.29, 0.717) is 0 Å². The number of hydrogen-bond donors (Lipinski definition) is 0. The molecule has 0 aliphatic rings. The van der Waals surface area contributed by atoms with Gasteiger partial charge in [-0.15, -0.1) is 11.3 Å². The van der Waals surface area contributed by atoms with Gasteiger partial charge in [0.05, 0.1) is 11.1 Å². The van der Waals surface area contributed by atoms with Crippen molar-refractivity contribution in [1.29, 1.82) is 0 Å². The molecule has 0 N–H and O–H groups in total. The van der Waals surface area contributed by atoms with Crippen LogP contribution in [0.5, 0.6) is 0 Å². The summed E-state index contributed by atoms with van der Waals surface area (Å²) in [5, 5.41) is 7.09. The lowest BCUT2D eigenvalue weighted by Gasteiger charge is -2.26. The Bertz CT molecular complexity index is 3130. The van der Waals surface area contributed by atoms with Crippen molar-refractivity contribution < 1.29 is 8.83 Å².